The fourth-order valence-corrected chi connectivity index (χ4v) is 4.28. The molecule has 0 fully saturated rings. The monoisotopic (exact) mass is 400 g/mol. The molecule has 0 aliphatic heterocycles. The van der Waals surface area contributed by atoms with Gasteiger partial charge in [0.15, 0.2) is 0 Å². The smallest absolute Gasteiger partial charge is 0.0406 e. The van der Waals surface area contributed by atoms with E-state index in [1.165, 1.54) is 11.1 Å². The van der Waals surface area contributed by atoms with Crippen molar-refractivity contribution in [2.45, 2.75) is 11.8 Å². The summed E-state index contributed by atoms with van der Waals surface area (Å²) < 4.78 is 0. The van der Waals surface area contributed by atoms with Gasteiger partial charge in [0.05, 0.1) is 0 Å². The van der Waals surface area contributed by atoms with Crippen LogP contribution in [0.15, 0.2) is 54.6 Å². The van der Waals surface area contributed by atoms with Crippen LogP contribution in [-0.2, 0) is 11.8 Å². The first kappa shape index (κ1) is 15.1. The molecule has 0 atom stereocenters. The van der Waals surface area contributed by atoms with Gasteiger partial charge in [0.25, 0.3) is 0 Å². The molecule has 0 saturated carbocycles. The standard InChI is InChI=1S/C16H15Br2Cl/c17-11-16(12-18,10-13-4-2-1-3-5-13)14-6-8-15(19)9-7-14/h1-9H,10-12H2. The molecule has 0 unspecified atom stereocenters. The average molecular weight is 403 g/mol. The Morgan fingerprint density at radius 2 is 1.42 bits per heavy atom. The van der Waals surface area contributed by atoms with Crippen LogP contribution in [0.3, 0.4) is 0 Å². The zero-order chi connectivity index (χ0) is 13.7. The number of hydrogen-bond donors (Lipinski definition) is 0. The Bertz CT molecular complexity index is 504. The van der Waals surface area contributed by atoms with E-state index in [1.54, 1.807) is 0 Å². The lowest BCUT2D eigenvalue weighted by molar-refractivity contribution is 0.551. The van der Waals surface area contributed by atoms with Crippen molar-refractivity contribution in [2.24, 2.45) is 0 Å². The molecule has 0 N–H and O–H groups in total. The van der Waals surface area contributed by atoms with E-state index in [4.69, 9.17) is 11.6 Å². The first-order valence-corrected chi connectivity index (χ1v) is 8.74. The van der Waals surface area contributed by atoms with Crippen molar-refractivity contribution in [2.75, 3.05) is 10.7 Å². The van der Waals surface area contributed by atoms with Gasteiger partial charge in [0.1, 0.15) is 0 Å². The van der Waals surface area contributed by atoms with Gasteiger partial charge in [-0.25, -0.2) is 0 Å². The van der Waals surface area contributed by atoms with E-state index in [9.17, 15) is 0 Å². The number of rotatable bonds is 5. The first-order chi connectivity index (χ1) is 9.20. The third-order valence-electron chi connectivity index (χ3n) is 3.35. The summed E-state index contributed by atoms with van der Waals surface area (Å²) in [5.74, 6) is 0. The van der Waals surface area contributed by atoms with Crippen LogP contribution in [0.4, 0.5) is 0 Å². The molecule has 0 aliphatic rings. The van der Waals surface area contributed by atoms with Crippen LogP contribution in [0.25, 0.3) is 0 Å². The molecule has 0 spiro atoms. The Hall–Kier alpha value is -0.310. The third-order valence-corrected chi connectivity index (χ3v) is 5.75. The Balaban J connectivity index is 2.34. The summed E-state index contributed by atoms with van der Waals surface area (Å²) in [6, 6.07) is 18.7. The molecule has 0 radical (unpaired) electrons. The third kappa shape index (κ3) is 3.62. The molecule has 2 aromatic rings. The van der Waals surface area contributed by atoms with Crippen molar-refractivity contribution in [1.82, 2.24) is 0 Å². The second-order valence-electron chi connectivity index (χ2n) is 4.72. The van der Waals surface area contributed by atoms with Crippen molar-refractivity contribution in [3.63, 3.8) is 0 Å². The Labute approximate surface area is 136 Å². The molecule has 0 amide bonds. The number of hydrogen-bond acceptors (Lipinski definition) is 0. The Morgan fingerprint density at radius 1 is 0.842 bits per heavy atom. The summed E-state index contributed by atoms with van der Waals surface area (Å²) in [6.07, 6.45) is 0.992. The Kier molecular flexibility index (Phi) is 5.49. The van der Waals surface area contributed by atoms with Crippen LogP contribution < -0.4 is 0 Å². The zero-order valence-electron chi connectivity index (χ0n) is 10.5. The lowest BCUT2D eigenvalue weighted by Gasteiger charge is -2.31. The quantitative estimate of drug-likeness (QED) is 0.570. The predicted molar refractivity (Wildman–Crippen MR) is 90.9 cm³/mol. The number of benzene rings is 2. The van der Waals surface area contributed by atoms with Gasteiger partial charge in [-0.2, -0.15) is 0 Å². The second kappa shape index (κ2) is 6.92. The minimum atomic E-state index is 0.0476. The molecular weight excluding hydrogens is 387 g/mol. The van der Waals surface area contributed by atoms with E-state index in [1.807, 2.05) is 12.1 Å². The van der Waals surface area contributed by atoms with Gasteiger partial charge in [0, 0.05) is 21.1 Å². The van der Waals surface area contributed by atoms with Crippen LogP contribution in [0.1, 0.15) is 11.1 Å². The minimum Gasteiger partial charge on any atom is -0.0918 e. The van der Waals surface area contributed by atoms with Gasteiger partial charge in [-0.15, -0.1) is 0 Å². The molecular formula is C16H15Br2Cl. The Morgan fingerprint density at radius 3 is 1.95 bits per heavy atom. The molecule has 0 nitrogen and oxygen atoms in total. The van der Waals surface area contributed by atoms with E-state index in [0.29, 0.717) is 0 Å². The van der Waals surface area contributed by atoms with Gasteiger partial charge in [-0.05, 0) is 29.7 Å². The van der Waals surface area contributed by atoms with E-state index >= 15 is 0 Å². The normalized spacial score (nSPS) is 11.5. The number of alkyl halides is 2. The van der Waals surface area contributed by atoms with E-state index in [2.05, 4.69) is 74.3 Å². The highest BCUT2D eigenvalue weighted by molar-refractivity contribution is 9.09. The van der Waals surface area contributed by atoms with Gasteiger partial charge in [0.2, 0.25) is 0 Å². The van der Waals surface area contributed by atoms with E-state index < -0.39 is 0 Å². The van der Waals surface area contributed by atoms with E-state index in [-0.39, 0.29) is 5.41 Å². The second-order valence-corrected chi connectivity index (χ2v) is 6.27. The maximum atomic E-state index is 5.98. The van der Waals surface area contributed by atoms with Crippen molar-refractivity contribution >= 4 is 43.5 Å². The lowest BCUT2D eigenvalue weighted by Crippen LogP contribution is -2.32. The summed E-state index contributed by atoms with van der Waals surface area (Å²) in [7, 11) is 0. The molecule has 0 bridgehead atoms. The summed E-state index contributed by atoms with van der Waals surface area (Å²) in [5.41, 5.74) is 2.69. The van der Waals surface area contributed by atoms with Gasteiger partial charge >= 0.3 is 0 Å². The van der Waals surface area contributed by atoms with Crippen molar-refractivity contribution in [3.05, 3.63) is 70.7 Å². The highest BCUT2D eigenvalue weighted by atomic mass is 79.9. The average Bonchev–Trinajstić information content (AvgIpc) is 2.47. The lowest BCUT2D eigenvalue weighted by atomic mass is 9.79. The molecule has 0 aromatic heterocycles. The molecule has 0 heterocycles. The highest BCUT2D eigenvalue weighted by Gasteiger charge is 2.30. The topological polar surface area (TPSA) is 0 Å². The largest absolute Gasteiger partial charge is 0.0918 e. The number of halogens is 3. The molecule has 100 valence electrons. The molecule has 3 heteroatoms. The highest BCUT2D eigenvalue weighted by Crippen LogP contribution is 2.33. The van der Waals surface area contributed by atoms with Crippen LogP contribution in [0.5, 0.6) is 0 Å². The fraction of sp³-hybridized carbons (Fsp3) is 0.250. The zero-order valence-corrected chi connectivity index (χ0v) is 14.4. The first-order valence-electron chi connectivity index (χ1n) is 6.12. The summed E-state index contributed by atoms with van der Waals surface area (Å²) in [6.45, 7) is 0. The van der Waals surface area contributed by atoms with Crippen molar-refractivity contribution < 1.29 is 0 Å². The van der Waals surface area contributed by atoms with E-state index in [0.717, 1.165) is 22.1 Å². The van der Waals surface area contributed by atoms with Gasteiger partial charge < -0.3 is 0 Å². The van der Waals surface area contributed by atoms with Crippen molar-refractivity contribution in [1.29, 1.82) is 0 Å². The van der Waals surface area contributed by atoms with Gasteiger partial charge in [-0.1, -0.05) is 85.9 Å². The predicted octanol–water partition coefficient (Wildman–Crippen LogP) is 5.61. The van der Waals surface area contributed by atoms with Crippen LogP contribution >= 0.6 is 43.5 Å². The summed E-state index contributed by atoms with van der Waals surface area (Å²) >= 11 is 13.4. The maximum absolute atomic E-state index is 5.98. The molecule has 2 aromatic carbocycles. The SMILES string of the molecule is Clc1ccc(C(CBr)(CBr)Cc2ccccc2)cc1. The van der Waals surface area contributed by atoms with Crippen LogP contribution in [-0.4, -0.2) is 10.7 Å². The van der Waals surface area contributed by atoms with Gasteiger partial charge in [-0.3, -0.25) is 0 Å². The fourth-order valence-electron chi connectivity index (χ4n) is 2.18. The molecule has 0 saturated heterocycles. The molecule has 0 aliphatic carbocycles. The minimum absolute atomic E-state index is 0.0476. The summed E-state index contributed by atoms with van der Waals surface area (Å²) in [5, 5.41) is 2.59. The molecule has 2 rings (SSSR count). The molecule has 19 heavy (non-hydrogen) atoms. The van der Waals surface area contributed by atoms with Crippen LogP contribution in [0.2, 0.25) is 5.02 Å². The van der Waals surface area contributed by atoms with Crippen molar-refractivity contribution in [3.8, 4) is 0 Å². The summed E-state index contributed by atoms with van der Waals surface area (Å²) in [4.78, 5) is 0. The maximum Gasteiger partial charge on any atom is 0.0406 e. The van der Waals surface area contributed by atoms with Crippen LogP contribution in [0, 0.1) is 0 Å².